The monoisotopic (exact) mass is 498 g/mol. The molecule has 3 aromatic rings. The number of halogens is 1. The topological polar surface area (TPSA) is 76.5 Å². The summed E-state index contributed by atoms with van der Waals surface area (Å²) in [5.74, 6) is 0.769. The number of ether oxygens (including phenoxy) is 1. The molecule has 1 saturated heterocycles. The highest BCUT2D eigenvalue weighted by atomic mass is 32.2. The van der Waals surface area contributed by atoms with Gasteiger partial charge in [-0.15, -0.1) is 0 Å². The van der Waals surface area contributed by atoms with Crippen LogP contribution in [-0.2, 0) is 29.9 Å². The summed E-state index contributed by atoms with van der Waals surface area (Å²) in [6.07, 6.45) is 7.03. The SMILES string of the molecule is Cn1cnc(S(=O)(=O)NCCOc2ccc3c(c2)C(Cc2cccc(F)c2)C(N2CCC2)CC3)c1. The Morgan fingerprint density at radius 3 is 2.77 bits per heavy atom. The van der Waals surface area contributed by atoms with Crippen LogP contribution in [0.4, 0.5) is 4.39 Å². The second kappa shape index (κ2) is 10.1. The van der Waals surface area contributed by atoms with E-state index in [2.05, 4.69) is 26.7 Å². The summed E-state index contributed by atoms with van der Waals surface area (Å²) < 4.78 is 48.7. The van der Waals surface area contributed by atoms with Crippen molar-refractivity contribution in [1.29, 1.82) is 0 Å². The molecule has 0 amide bonds. The minimum absolute atomic E-state index is 0.00833. The van der Waals surface area contributed by atoms with Crippen molar-refractivity contribution in [3.05, 3.63) is 77.5 Å². The van der Waals surface area contributed by atoms with Crippen LogP contribution >= 0.6 is 0 Å². The van der Waals surface area contributed by atoms with Crippen LogP contribution in [0.15, 0.2) is 60.0 Å². The molecule has 2 aliphatic rings. The number of imidazole rings is 1. The molecule has 2 heterocycles. The van der Waals surface area contributed by atoms with Crippen LogP contribution in [0.3, 0.4) is 0 Å². The van der Waals surface area contributed by atoms with Gasteiger partial charge in [-0.05, 0) is 79.7 Å². The van der Waals surface area contributed by atoms with Gasteiger partial charge in [0.15, 0.2) is 5.03 Å². The smallest absolute Gasteiger partial charge is 0.259 e. The average molecular weight is 499 g/mol. The summed E-state index contributed by atoms with van der Waals surface area (Å²) in [4.78, 5) is 6.45. The van der Waals surface area contributed by atoms with Gasteiger partial charge in [0, 0.05) is 31.7 Å². The van der Waals surface area contributed by atoms with E-state index in [1.54, 1.807) is 23.7 Å². The second-order valence-corrected chi connectivity index (χ2v) is 11.1. The van der Waals surface area contributed by atoms with Gasteiger partial charge in [0.2, 0.25) is 0 Å². The van der Waals surface area contributed by atoms with E-state index in [0.29, 0.717) is 11.8 Å². The number of nitrogens with one attached hydrogen (secondary N) is 1. The maximum absolute atomic E-state index is 13.9. The number of hydrogen-bond donors (Lipinski definition) is 1. The first-order chi connectivity index (χ1) is 16.9. The van der Waals surface area contributed by atoms with Crippen molar-refractivity contribution >= 4 is 10.0 Å². The number of hydrogen-bond acceptors (Lipinski definition) is 5. The first-order valence-electron chi connectivity index (χ1n) is 12.1. The van der Waals surface area contributed by atoms with Crippen molar-refractivity contribution in [3.63, 3.8) is 0 Å². The van der Waals surface area contributed by atoms with Crippen molar-refractivity contribution < 1.29 is 17.5 Å². The van der Waals surface area contributed by atoms with E-state index in [0.717, 1.165) is 37.9 Å². The first kappa shape index (κ1) is 24.0. The maximum atomic E-state index is 13.9. The number of sulfonamides is 1. The number of likely N-dealkylation sites (tertiary alicyclic amines) is 1. The van der Waals surface area contributed by atoms with Crippen molar-refractivity contribution in [2.24, 2.45) is 7.05 Å². The summed E-state index contributed by atoms with van der Waals surface area (Å²) in [6, 6.07) is 13.5. The van der Waals surface area contributed by atoms with Crippen LogP contribution in [-0.4, -0.2) is 55.2 Å². The zero-order valence-corrected chi connectivity index (χ0v) is 20.7. The average Bonchev–Trinajstić information content (AvgIpc) is 3.24. The number of fused-ring (bicyclic) bond motifs is 1. The third-order valence-corrected chi connectivity index (χ3v) is 8.36. The molecular formula is C26H31FN4O3S. The molecule has 9 heteroatoms. The van der Waals surface area contributed by atoms with Gasteiger partial charge in [0.25, 0.3) is 10.0 Å². The number of aromatic nitrogens is 2. The van der Waals surface area contributed by atoms with Crippen LogP contribution in [0, 0.1) is 5.82 Å². The fourth-order valence-electron chi connectivity index (χ4n) is 5.17. The minimum atomic E-state index is -3.67. The van der Waals surface area contributed by atoms with Gasteiger partial charge in [-0.1, -0.05) is 18.2 Å². The first-order valence-corrected chi connectivity index (χ1v) is 13.6. The summed E-state index contributed by atoms with van der Waals surface area (Å²) in [5.41, 5.74) is 3.57. The van der Waals surface area contributed by atoms with E-state index >= 15 is 0 Å². The lowest BCUT2D eigenvalue weighted by molar-refractivity contribution is 0.0876. The van der Waals surface area contributed by atoms with Crippen LogP contribution in [0.5, 0.6) is 5.75 Å². The van der Waals surface area contributed by atoms with Gasteiger partial charge in [0.1, 0.15) is 18.2 Å². The number of rotatable bonds is 9. The van der Waals surface area contributed by atoms with Crippen LogP contribution in [0.25, 0.3) is 0 Å². The quantitative estimate of drug-likeness (QED) is 0.459. The van der Waals surface area contributed by atoms with E-state index in [-0.39, 0.29) is 29.9 Å². The highest BCUT2D eigenvalue weighted by Gasteiger charge is 2.36. The summed E-state index contributed by atoms with van der Waals surface area (Å²) in [6.45, 7) is 2.58. The van der Waals surface area contributed by atoms with Crippen LogP contribution in [0.1, 0.15) is 35.4 Å². The number of benzene rings is 2. The Balaban J connectivity index is 1.29. The summed E-state index contributed by atoms with van der Waals surface area (Å²) >= 11 is 0. The predicted octanol–water partition coefficient (Wildman–Crippen LogP) is 3.26. The summed E-state index contributed by atoms with van der Waals surface area (Å²) in [5, 5.41) is -0.00833. The minimum Gasteiger partial charge on any atom is -0.492 e. The third-order valence-electron chi connectivity index (χ3n) is 7.01. The number of aryl methyl sites for hydroxylation is 2. The molecule has 2 atom stereocenters. The molecule has 0 bridgehead atoms. The maximum Gasteiger partial charge on any atom is 0.259 e. The lowest BCUT2D eigenvalue weighted by atomic mass is 9.75. The zero-order valence-electron chi connectivity index (χ0n) is 19.9. The van der Waals surface area contributed by atoms with Gasteiger partial charge in [-0.3, -0.25) is 4.90 Å². The molecule has 1 N–H and O–H groups in total. The van der Waals surface area contributed by atoms with Gasteiger partial charge < -0.3 is 9.30 Å². The molecule has 186 valence electrons. The Hall–Kier alpha value is -2.75. The van der Waals surface area contributed by atoms with E-state index in [1.165, 1.54) is 36.1 Å². The van der Waals surface area contributed by atoms with E-state index < -0.39 is 10.0 Å². The highest BCUT2D eigenvalue weighted by molar-refractivity contribution is 7.89. The molecule has 0 radical (unpaired) electrons. The predicted molar refractivity (Wildman–Crippen MR) is 131 cm³/mol. The fraction of sp³-hybridized carbons (Fsp3) is 0.423. The molecule has 35 heavy (non-hydrogen) atoms. The molecule has 0 spiro atoms. The Kier molecular flexibility index (Phi) is 6.91. The van der Waals surface area contributed by atoms with E-state index in [9.17, 15) is 12.8 Å². The van der Waals surface area contributed by atoms with Gasteiger partial charge >= 0.3 is 0 Å². The Labute approximate surface area is 206 Å². The van der Waals surface area contributed by atoms with E-state index in [1.807, 2.05) is 12.1 Å². The second-order valence-electron chi connectivity index (χ2n) is 9.42. The molecule has 1 aliphatic heterocycles. The standard InChI is InChI=1S/C26H31FN4O3S/c1-30-17-26(28-18-30)35(32,33)29-10-13-34-22-8-6-20-7-9-25(31-11-3-12-31)24(23(20)16-22)15-19-4-2-5-21(27)14-19/h2,4-6,8,14,16-18,24-25,29H,3,7,9-13,15H2,1H3. The molecule has 1 aromatic heterocycles. The lowest BCUT2D eigenvalue weighted by Gasteiger charge is -2.45. The van der Waals surface area contributed by atoms with Crippen molar-refractivity contribution in [1.82, 2.24) is 19.2 Å². The fourth-order valence-corrected chi connectivity index (χ4v) is 6.16. The number of nitrogens with zero attached hydrogens (tertiary/aromatic N) is 3. The van der Waals surface area contributed by atoms with E-state index in [4.69, 9.17) is 4.74 Å². The molecule has 0 saturated carbocycles. The van der Waals surface area contributed by atoms with Gasteiger partial charge in [0.05, 0.1) is 6.33 Å². The molecule has 7 nitrogen and oxygen atoms in total. The van der Waals surface area contributed by atoms with Crippen molar-refractivity contribution in [3.8, 4) is 5.75 Å². The summed E-state index contributed by atoms with van der Waals surface area (Å²) in [7, 11) is -1.95. The molecule has 1 aliphatic carbocycles. The molecule has 2 unspecified atom stereocenters. The Bertz CT molecular complexity index is 1290. The zero-order chi connectivity index (χ0) is 24.4. The third kappa shape index (κ3) is 5.42. The van der Waals surface area contributed by atoms with Crippen molar-refractivity contribution in [2.45, 2.75) is 42.7 Å². The van der Waals surface area contributed by atoms with Crippen molar-refractivity contribution in [2.75, 3.05) is 26.2 Å². The largest absolute Gasteiger partial charge is 0.492 e. The van der Waals surface area contributed by atoms with Crippen LogP contribution < -0.4 is 9.46 Å². The normalized spacial score (nSPS) is 20.3. The highest BCUT2D eigenvalue weighted by Crippen LogP contribution is 2.40. The lowest BCUT2D eigenvalue weighted by Crippen LogP contribution is -2.49. The molecule has 2 aromatic carbocycles. The Morgan fingerprint density at radius 2 is 2.06 bits per heavy atom. The molecule has 5 rings (SSSR count). The Morgan fingerprint density at radius 1 is 1.20 bits per heavy atom. The molecular weight excluding hydrogens is 467 g/mol. The van der Waals surface area contributed by atoms with Gasteiger partial charge in [-0.25, -0.2) is 22.5 Å². The van der Waals surface area contributed by atoms with Gasteiger partial charge in [-0.2, -0.15) is 0 Å². The van der Waals surface area contributed by atoms with Crippen LogP contribution in [0.2, 0.25) is 0 Å². The molecule has 1 fully saturated rings.